The van der Waals surface area contributed by atoms with E-state index in [4.69, 9.17) is 11.6 Å². The van der Waals surface area contributed by atoms with Crippen molar-refractivity contribution in [1.29, 1.82) is 0 Å². The second-order valence-corrected chi connectivity index (χ2v) is 4.97. The van der Waals surface area contributed by atoms with Crippen LogP contribution in [0.5, 0.6) is 0 Å². The molecule has 4 nitrogen and oxygen atoms in total. The molecule has 1 unspecified atom stereocenters. The number of carbonyl (C=O) groups is 2. The number of hydrogen-bond acceptors (Lipinski definition) is 3. The first-order chi connectivity index (χ1) is 9.43. The summed E-state index contributed by atoms with van der Waals surface area (Å²) in [6.07, 6.45) is 3.14. The summed E-state index contributed by atoms with van der Waals surface area (Å²) in [5.41, 5.74) is 0.847. The topological polar surface area (TPSA) is 46.6 Å². The zero-order valence-electron chi connectivity index (χ0n) is 11.8. The van der Waals surface area contributed by atoms with Crippen LogP contribution in [-0.2, 0) is 14.3 Å². The first kappa shape index (κ1) is 16.2. The van der Waals surface area contributed by atoms with Gasteiger partial charge in [0.2, 0.25) is 5.91 Å². The molecule has 0 saturated heterocycles. The van der Waals surface area contributed by atoms with E-state index in [-0.39, 0.29) is 17.8 Å². The number of carbonyl (C=O) groups excluding carboxylic acids is 2. The summed E-state index contributed by atoms with van der Waals surface area (Å²) in [5, 5.41) is 0.618. The van der Waals surface area contributed by atoms with Crippen LogP contribution < -0.4 is 0 Å². The van der Waals surface area contributed by atoms with Gasteiger partial charge in [-0.05, 0) is 23.8 Å². The van der Waals surface area contributed by atoms with Crippen LogP contribution in [0, 0.1) is 5.92 Å². The van der Waals surface area contributed by atoms with Gasteiger partial charge in [-0.25, -0.2) is 0 Å². The average molecular weight is 296 g/mol. The monoisotopic (exact) mass is 295 g/mol. The molecule has 0 aliphatic heterocycles. The molecule has 5 heteroatoms. The van der Waals surface area contributed by atoms with Gasteiger partial charge in [-0.2, -0.15) is 0 Å². The highest BCUT2D eigenvalue weighted by atomic mass is 35.5. The lowest BCUT2D eigenvalue weighted by Gasteiger charge is -2.18. The van der Waals surface area contributed by atoms with Gasteiger partial charge in [0.05, 0.1) is 13.0 Å². The Hall–Kier alpha value is -1.81. The third kappa shape index (κ3) is 5.05. The maximum atomic E-state index is 11.9. The lowest BCUT2D eigenvalue weighted by atomic mass is 10.1. The van der Waals surface area contributed by atoms with Crippen molar-refractivity contribution in [2.75, 3.05) is 20.7 Å². The predicted octanol–water partition coefficient (Wildman–Crippen LogP) is 2.62. The van der Waals surface area contributed by atoms with Crippen molar-refractivity contribution >= 4 is 29.6 Å². The van der Waals surface area contributed by atoms with Gasteiger partial charge in [-0.3, -0.25) is 9.59 Å². The first-order valence-corrected chi connectivity index (χ1v) is 6.58. The maximum absolute atomic E-state index is 11.9. The number of nitrogens with zero attached hydrogens (tertiary/aromatic N) is 1. The summed E-state index contributed by atoms with van der Waals surface area (Å²) in [4.78, 5) is 24.7. The number of ether oxygens (including phenoxy) is 1. The number of methoxy groups -OCH3 is 1. The fraction of sp³-hybridized carbons (Fsp3) is 0.333. The van der Waals surface area contributed by atoms with E-state index >= 15 is 0 Å². The van der Waals surface area contributed by atoms with Gasteiger partial charge < -0.3 is 9.64 Å². The van der Waals surface area contributed by atoms with Gasteiger partial charge in [0.25, 0.3) is 0 Å². The smallest absolute Gasteiger partial charge is 0.310 e. The molecule has 0 spiro atoms. The van der Waals surface area contributed by atoms with Gasteiger partial charge in [0.1, 0.15) is 0 Å². The molecule has 1 atom stereocenters. The van der Waals surface area contributed by atoms with Crippen LogP contribution in [0.4, 0.5) is 0 Å². The van der Waals surface area contributed by atoms with Crippen molar-refractivity contribution in [3.63, 3.8) is 0 Å². The lowest BCUT2D eigenvalue weighted by molar-refractivity contribution is -0.145. The predicted molar refractivity (Wildman–Crippen MR) is 79.3 cm³/mol. The third-order valence-corrected chi connectivity index (χ3v) is 3.03. The Morgan fingerprint density at radius 2 is 2.15 bits per heavy atom. The number of halogens is 1. The molecule has 0 N–H and O–H groups in total. The Morgan fingerprint density at radius 3 is 2.75 bits per heavy atom. The molecular weight excluding hydrogens is 278 g/mol. The molecule has 0 bridgehead atoms. The van der Waals surface area contributed by atoms with Gasteiger partial charge in [-0.1, -0.05) is 30.7 Å². The van der Waals surface area contributed by atoms with Crippen LogP contribution in [0.15, 0.2) is 30.3 Å². The zero-order valence-corrected chi connectivity index (χ0v) is 12.6. The largest absolute Gasteiger partial charge is 0.469 e. The lowest BCUT2D eigenvalue weighted by Crippen LogP contribution is -2.33. The van der Waals surface area contributed by atoms with Crippen molar-refractivity contribution < 1.29 is 14.3 Å². The standard InChI is InChI=1S/C15H18ClNO3/c1-11(15(19)20-3)10-17(2)14(18)8-7-12-5-4-6-13(16)9-12/h4-9,11H,10H2,1-3H3. The molecule has 1 aromatic rings. The average Bonchev–Trinajstić information content (AvgIpc) is 2.43. The molecule has 108 valence electrons. The minimum atomic E-state index is -0.353. The van der Waals surface area contributed by atoms with Crippen molar-refractivity contribution in [3.05, 3.63) is 40.9 Å². The van der Waals surface area contributed by atoms with Crippen molar-refractivity contribution in [2.24, 2.45) is 5.92 Å². The number of rotatable bonds is 5. The summed E-state index contributed by atoms with van der Waals surface area (Å²) in [6.45, 7) is 2.03. The van der Waals surface area contributed by atoms with Crippen molar-refractivity contribution in [2.45, 2.75) is 6.92 Å². The third-order valence-electron chi connectivity index (χ3n) is 2.79. The maximum Gasteiger partial charge on any atom is 0.310 e. The summed E-state index contributed by atoms with van der Waals surface area (Å²) in [5.74, 6) is -0.863. The minimum absolute atomic E-state index is 0.180. The second kappa shape index (κ2) is 7.70. The molecule has 1 amide bonds. The summed E-state index contributed by atoms with van der Waals surface area (Å²) >= 11 is 5.86. The number of hydrogen-bond donors (Lipinski definition) is 0. The molecule has 0 saturated carbocycles. The molecule has 0 fully saturated rings. The van der Waals surface area contributed by atoms with E-state index in [9.17, 15) is 9.59 Å². The molecular formula is C15H18ClNO3. The van der Waals surface area contributed by atoms with Crippen LogP contribution in [0.25, 0.3) is 6.08 Å². The van der Waals surface area contributed by atoms with E-state index in [0.29, 0.717) is 11.6 Å². The summed E-state index contributed by atoms with van der Waals surface area (Å²) in [7, 11) is 2.98. The normalized spacial score (nSPS) is 12.2. The Kier molecular flexibility index (Phi) is 6.25. The van der Waals surface area contributed by atoms with E-state index in [1.807, 2.05) is 12.1 Å². The van der Waals surface area contributed by atoms with Crippen LogP contribution in [0.1, 0.15) is 12.5 Å². The van der Waals surface area contributed by atoms with E-state index in [1.165, 1.54) is 18.1 Å². The SMILES string of the molecule is COC(=O)C(C)CN(C)C(=O)C=Cc1cccc(Cl)c1. The van der Waals surface area contributed by atoms with Crippen molar-refractivity contribution in [1.82, 2.24) is 4.90 Å². The minimum Gasteiger partial charge on any atom is -0.469 e. The van der Waals surface area contributed by atoms with Crippen LogP contribution in [-0.4, -0.2) is 37.5 Å². The van der Waals surface area contributed by atoms with E-state index in [2.05, 4.69) is 4.74 Å². The van der Waals surface area contributed by atoms with Gasteiger partial charge in [0, 0.05) is 24.7 Å². The zero-order chi connectivity index (χ0) is 15.1. The van der Waals surface area contributed by atoms with Gasteiger partial charge in [0.15, 0.2) is 0 Å². The molecule has 1 rings (SSSR count). The Morgan fingerprint density at radius 1 is 1.45 bits per heavy atom. The Labute approximate surface area is 124 Å². The Bertz CT molecular complexity index is 514. The second-order valence-electron chi connectivity index (χ2n) is 4.53. The van der Waals surface area contributed by atoms with Gasteiger partial charge >= 0.3 is 5.97 Å². The van der Waals surface area contributed by atoms with Crippen LogP contribution in [0.2, 0.25) is 5.02 Å². The highest BCUT2D eigenvalue weighted by molar-refractivity contribution is 6.30. The molecule has 0 aliphatic carbocycles. The molecule has 0 heterocycles. The number of likely N-dealkylation sites (N-methyl/N-ethyl adjacent to an activating group) is 1. The molecule has 1 aromatic carbocycles. The van der Waals surface area contributed by atoms with Gasteiger partial charge in [-0.15, -0.1) is 0 Å². The van der Waals surface area contributed by atoms with Crippen LogP contribution >= 0.6 is 11.6 Å². The fourth-order valence-corrected chi connectivity index (χ4v) is 1.88. The molecule has 20 heavy (non-hydrogen) atoms. The molecule has 0 radical (unpaired) electrons. The number of amides is 1. The van der Waals surface area contributed by atoms with Crippen molar-refractivity contribution in [3.8, 4) is 0 Å². The fourth-order valence-electron chi connectivity index (χ4n) is 1.68. The first-order valence-electron chi connectivity index (χ1n) is 6.20. The highest BCUT2D eigenvalue weighted by Gasteiger charge is 2.17. The molecule has 0 aliphatic rings. The summed E-state index contributed by atoms with van der Waals surface area (Å²) in [6, 6.07) is 7.20. The number of benzene rings is 1. The van der Waals surface area contributed by atoms with E-state index in [1.54, 1.807) is 32.2 Å². The van der Waals surface area contributed by atoms with Crippen LogP contribution in [0.3, 0.4) is 0 Å². The number of esters is 1. The Balaban J connectivity index is 2.59. The highest BCUT2D eigenvalue weighted by Crippen LogP contribution is 2.12. The van der Waals surface area contributed by atoms with E-state index < -0.39 is 0 Å². The summed E-state index contributed by atoms with van der Waals surface area (Å²) < 4.78 is 4.63. The molecule has 0 aromatic heterocycles. The quantitative estimate of drug-likeness (QED) is 0.620. The van der Waals surface area contributed by atoms with E-state index in [0.717, 1.165) is 5.56 Å².